The second-order valence-electron chi connectivity index (χ2n) is 7.50. The molecule has 0 bridgehead atoms. The van der Waals surface area contributed by atoms with Crippen molar-refractivity contribution in [2.75, 3.05) is 0 Å². The van der Waals surface area contributed by atoms with E-state index >= 15 is 0 Å². The Balaban J connectivity index is 2.01. The summed E-state index contributed by atoms with van der Waals surface area (Å²) >= 11 is 0. The number of rotatable bonds is 5. The van der Waals surface area contributed by atoms with Crippen LogP contribution in [0, 0.1) is 17.1 Å². The molecule has 0 saturated heterocycles. The highest BCUT2D eigenvalue weighted by molar-refractivity contribution is 6.15. The third-order valence-electron chi connectivity index (χ3n) is 5.16. The standard InChI is InChI=1S/C23H14F4N6O2/c24-13-5-6-14-16(7-13)31-19(22(30)35)17(18(14)21(29)34)15-10-33(32-20(15)23(25,26)27)9-12-3-1-11(8-28)2-4-12/h1-7,10H,9H2,(H2,29,34)(H2,30,35). The van der Waals surface area contributed by atoms with E-state index in [1.807, 2.05) is 6.07 Å². The number of primary amides is 2. The molecule has 0 aliphatic carbocycles. The predicted octanol–water partition coefficient (Wildman–Crippen LogP) is 3.37. The summed E-state index contributed by atoms with van der Waals surface area (Å²) < 4.78 is 56.7. The van der Waals surface area contributed by atoms with Crippen LogP contribution in [0.1, 0.15) is 37.7 Å². The zero-order chi connectivity index (χ0) is 25.5. The molecule has 4 N–H and O–H groups in total. The van der Waals surface area contributed by atoms with Crippen molar-refractivity contribution in [3.8, 4) is 17.2 Å². The van der Waals surface area contributed by atoms with E-state index in [2.05, 4.69) is 10.1 Å². The molecule has 2 aromatic heterocycles. The minimum absolute atomic E-state index is 0.0631. The average Bonchev–Trinajstić information content (AvgIpc) is 3.22. The van der Waals surface area contributed by atoms with Crippen LogP contribution >= 0.6 is 0 Å². The molecule has 8 nitrogen and oxygen atoms in total. The number of hydrogen-bond acceptors (Lipinski definition) is 5. The number of alkyl halides is 3. The lowest BCUT2D eigenvalue weighted by Gasteiger charge is -2.14. The zero-order valence-electron chi connectivity index (χ0n) is 17.6. The molecule has 0 radical (unpaired) electrons. The third kappa shape index (κ3) is 4.39. The molecule has 4 rings (SSSR count). The van der Waals surface area contributed by atoms with E-state index in [1.165, 1.54) is 12.1 Å². The summed E-state index contributed by atoms with van der Waals surface area (Å²) in [6.07, 6.45) is -4.00. The minimum atomic E-state index is -4.99. The summed E-state index contributed by atoms with van der Waals surface area (Å²) in [5, 5.41) is 12.5. The lowest BCUT2D eigenvalue weighted by Crippen LogP contribution is -2.21. The molecule has 0 aliphatic heterocycles. The Kier molecular flexibility index (Phi) is 5.69. The number of carbonyl (C=O) groups excluding carboxylic acids is 2. The largest absolute Gasteiger partial charge is 0.435 e. The van der Waals surface area contributed by atoms with E-state index in [1.54, 1.807) is 12.1 Å². The Labute approximate surface area is 194 Å². The Bertz CT molecular complexity index is 1540. The van der Waals surface area contributed by atoms with Crippen molar-refractivity contribution >= 4 is 22.7 Å². The fraction of sp³-hybridized carbons (Fsp3) is 0.0870. The smallest absolute Gasteiger partial charge is 0.366 e. The number of aromatic nitrogens is 3. The van der Waals surface area contributed by atoms with Crippen LogP contribution in [0.5, 0.6) is 0 Å². The van der Waals surface area contributed by atoms with Gasteiger partial charge in [0.05, 0.1) is 29.3 Å². The molecule has 0 aliphatic rings. The molecule has 0 saturated carbocycles. The lowest BCUT2D eigenvalue weighted by molar-refractivity contribution is -0.141. The second kappa shape index (κ2) is 8.53. The van der Waals surface area contributed by atoms with Crippen LogP contribution in [0.25, 0.3) is 22.0 Å². The molecule has 2 aromatic carbocycles. The maximum atomic E-state index is 14.0. The van der Waals surface area contributed by atoms with Gasteiger partial charge in [0.2, 0.25) is 5.91 Å². The van der Waals surface area contributed by atoms with Gasteiger partial charge in [-0.3, -0.25) is 14.3 Å². The monoisotopic (exact) mass is 482 g/mol. The lowest BCUT2D eigenvalue weighted by atomic mass is 9.93. The maximum Gasteiger partial charge on any atom is 0.435 e. The zero-order valence-corrected chi connectivity index (χ0v) is 17.6. The topological polar surface area (TPSA) is 141 Å². The van der Waals surface area contributed by atoms with Gasteiger partial charge in [0.25, 0.3) is 5.91 Å². The maximum absolute atomic E-state index is 14.0. The Morgan fingerprint density at radius 2 is 1.74 bits per heavy atom. The molecule has 4 aromatic rings. The van der Waals surface area contributed by atoms with Gasteiger partial charge in [-0.05, 0) is 29.8 Å². The van der Waals surface area contributed by atoms with Crippen LogP contribution in [0.2, 0.25) is 0 Å². The summed E-state index contributed by atoms with van der Waals surface area (Å²) in [7, 11) is 0. The van der Waals surface area contributed by atoms with Crippen molar-refractivity contribution in [1.82, 2.24) is 14.8 Å². The molecule has 12 heteroatoms. The predicted molar refractivity (Wildman–Crippen MR) is 115 cm³/mol. The van der Waals surface area contributed by atoms with E-state index in [-0.39, 0.29) is 17.4 Å². The fourth-order valence-electron chi connectivity index (χ4n) is 3.70. The van der Waals surface area contributed by atoms with Crippen LogP contribution in [0.4, 0.5) is 17.6 Å². The van der Waals surface area contributed by atoms with Gasteiger partial charge < -0.3 is 11.5 Å². The second-order valence-corrected chi connectivity index (χ2v) is 7.50. The van der Waals surface area contributed by atoms with Gasteiger partial charge in [-0.25, -0.2) is 9.37 Å². The van der Waals surface area contributed by atoms with Gasteiger partial charge in [-0.2, -0.15) is 23.5 Å². The van der Waals surface area contributed by atoms with Crippen molar-refractivity contribution in [1.29, 1.82) is 5.26 Å². The molecule has 176 valence electrons. The van der Waals surface area contributed by atoms with Crippen molar-refractivity contribution in [3.63, 3.8) is 0 Å². The number of pyridine rings is 1. The van der Waals surface area contributed by atoms with E-state index in [4.69, 9.17) is 16.7 Å². The number of hydrogen-bond donors (Lipinski definition) is 2. The van der Waals surface area contributed by atoms with Crippen molar-refractivity contribution in [2.24, 2.45) is 11.5 Å². The van der Waals surface area contributed by atoms with Gasteiger partial charge in [0.15, 0.2) is 5.69 Å². The molecule has 0 atom stereocenters. The van der Waals surface area contributed by atoms with Gasteiger partial charge in [0.1, 0.15) is 11.5 Å². The van der Waals surface area contributed by atoms with Crippen molar-refractivity contribution < 1.29 is 27.2 Å². The minimum Gasteiger partial charge on any atom is -0.366 e. The SMILES string of the molecule is N#Cc1ccc(Cn2cc(-c3c(C(N)=O)nc4cc(F)ccc4c3C(N)=O)c(C(F)(F)F)n2)cc1. The first-order valence-electron chi connectivity index (χ1n) is 9.86. The first-order chi connectivity index (χ1) is 16.5. The van der Waals surface area contributed by atoms with E-state index in [9.17, 15) is 27.2 Å². The van der Waals surface area contributed by atoms with E-state index in [0.29, 0.717) is 11.1 Å². The summed E-state index contributed by atoms with van der Waals surface area (Å²) in [5.74, 6) is -3.18. The summed E-state index contributed by atoms with van der Waals surface area (Å²) in [5.41, 5.74) is 7.81. The number of halogens is 4. The fourth-order valence-corrected chi connectivity index (χ4v) is 3.70. The number of nitrogens with two attached hydrogens (primary N) is 2. The summed E-state index contributed by atoms with van der Waals surface area (Å²) in [6, 6.07) is 11.0. The van der Waals surface area contributed by atoms with Gasteiger partial charge >= 0.3 is 6.18 Å². The van der Waals surface area contributed by atoms with Crippen LogP contribution < -0.4 is 11.5 Å². The van der Waals surface area contributed by atoms with Gasteiger partial charge in [0, 0.05) is 28.8 Å². The summed E-state index contributed by atoms with van der Waals surface area (Å²) in [4.78, 5) is 28.5. The number of fused-ring (bicyclic) bond motifs is 1. The first-order valence-corrected chi connectivity index (χ1v) is 9.86. The van der Waals surface area contributed by atoms with Crippen LogP contribution in [0.3, 0.4) is 0 Å². The van der Waals surface area contributed by atoms with Crippen LogP contribution in [-0.4, -0.2) is 26.6 Å². The highest BCUT2D eigenvalue weighted by Crippen LogP contribution is 2.40. The molecule has 2 amide bonds. The molecular weight excluding hydrogens is 468 g/mol. The van der Waals surface area contributed by atoms with Crippen LogP contribution in [0.15, 0.2) is 48.7 Å². The average molecular weight is 482 g/mol. The van der Waals surface area contributed by atoms with Gasteiger partial charge in [-0.1, -0.05) is 12.1 Å². The Hall–Kier alpha value is -4.79. The number of amides is 2. The highest BCUT2D eigenvalue weighted by atomic mass is 19.4. The molecule has 0 unspecified atom stereocenters. The molecule has 35 heavy (non-hydrogen) atoms. The number of nitriles is 1. The van der Waals surface area contributed by atoms with E-state index < -0.39 is 51.9 Å². The van der Waals surface area contributed by atoms with E-state index in [0.717, 1.165) is 29.1 Å². The van der Waals surface area contributed by atoms with Crippen LogP contribution in [-0.2, 0) is 12.7 Å². The Morgan fingerprint density at radius 1 is 1.06 bits per heavy atom. The highest BCUT2D eigenvalue weighted by Gasteiger charge is 2.40. The number of carbonyl (C=O) groups is 2. The van der Waals surface area contributed by atoms with Gasteiger partial charge in [-0.15, -0.1) is 0 Å². The number of benzene rings is 2. The van der Waals surface area contributed by atoms with Crippen molar-refractivity contribution in [2.45, 2.75) is 12.7 Å². The Morgan fingerprint density at radius 3 is 2.31 bits per heavy atom. The molecular formula is C23H14F4N6O2. The quantitative estimate of drug-likeness (QED) is 0.420. The van der Waals surface area contributed by atoms with Crippen molar-refractivity contribution in [3.05, 3.63) is 82.6 Å². The normalized spacial score (nSPS) is 11.4. The summed E-state index contributed by atoms with van der Waals surface area (Å²) in [6.45, 7) is -0.126. The molecule has 0 spiro atoms. The molecule has 2 heterocycles. The first kappa shape index (κ1) is 23.4. The third-order valence-corrected chi connectivity index (χ3v) is 5.16. The molecule has 0 fully saturated rings. The number of nitrogens with zero attached hydrogens (tertiary/aromatic N) is 4.